The fourth-order valence-corrected chi connectivity index (χ4v) is 3.50. The van der Waals surface area contributed by atoms with E-state index in [4.69, 9.17) is 0 Å². The first-order valence-electron chi connectivity index (χ1n) is 8.67. The molecule has 1 amide bonds. The maximum absolute atomic E-state index is 13.0. The fraction of sp³-hybridized carbons (Fsp3) is 0.238. The molecule has 4 heteroatoms. The molecule has 25 heavy (non-hydrogen) atoms. The van der Waals surface area contributed by atoms with E-state index in [-0.39, 0.29) is 5.91 Å². The first-order chi connectivity index (χ1) is 12.2. The average Bonchev–Trinajstić information content (AvgIpc) is 2.90. The number of aromatic nitrogens is 2. The van der Waals surface area contributed by atoms with E-state index < -0.39 is 0 Å². The van der Waals surface area contributed by atoms with Crippen LogP contribution >= 0.6 is 0 Å². The van der Waals surface area contributed by atoms with Crippen molar-refractivity contribution in [1.29, 1.82) is 0 Å². The normalized spacial score (nSPS) is 14.0. The molecule has 2 aromatic carbocycles. The summed E-state index contributed by atoms with van der Waals surface area (Å²) in [4.78, 5) is 19.5. The van der Waals surface area contributed by atoms with Crippen molar-refractivity contribution in [2.45, 2.75) is 12.8 Å². The van der Waals surface area contributed by atoms with Crippen LogP contribution in [0.3, 0.4) is 0 Å². The first-order valence-corrected chi connectivity index (χ1v) is 8.67. The fourth-order valence-electron chi connectivity index (χ4n) is 3.50. The molecule has 1 aliphatic heterocycles. The van der Waals surface area contributed by atoms with Gasteiger partial charge in [0, 0.05) is 25.7 Å². The van der Waals surface area contributed by atoms with Gasteiger partial charge in [0.1, 0.15) is 11.5 Å². The van der Waals surface area contributed by atoms with E-state index in [1.54, 1.807) is 6.20 Å². The highest BCUT2D eigenvalue weighted by Crippen LogP contribution is 2.21. The van der Waals surface area contributed by atoms with Crippen molar-refractivity contribution < 1.29 is 4.79 Å². The molecule has 3 aromatic rings. The highest BCUT2D eigenvalue weighted by molar-refractivity contribution is 5.93. The Morgan fingerprint density at radius 1 is 0.920 bits per heavy atom. The smallest absolute Gasteiger partial charge is 0.272 e. The van der Waals surface area contributed by atoms with E-state index in [0.29, 0.717) is 5.69 Å². The van der Waals surface area contributed by atoms with Crippen LogP contribution in [0, 0.1) is 0 Å². The van der Waals surface area contributed by atoms with Crippen molar-refractivity contribution in [1.82, 2.24) is 14.5 Å². The van der Waals surface area contributed by atoms with Crippen molar-refractivity contribution in [3.63, 3.8) is 0 Å². The number of hydrogen-bond donors (Lipinski definition) is 0. The number of carbonyl (C=O) groups excluding carboxylic acids is 1. The summed E-state index contributed by atoms with van der Waals surface area (Å²) in [5.74, 6) is 0.882. The van der Waals surface area contributed by atoms with Crippen LogP contribution in [0.5, 0.6) is 0 Å². The molecule has 0 saturated carbocycles. The second-order valence-electron chi connectivity index (χ2n) is 6.45. The maximum atomic E-state index is 13.0. The Kier molecular flexibility index (Phi) is 4.10. The van der Waals surface area contributed by atoms with Gasteiger partial charge in [0.15, 0.2) is 0 Å². The predicted molar refractivity (Wildman–Crippen MR) is 98.4 cm³/mol. The molecular formula is C21H21N3O. The third-order valence-electron chi connectivity index (χ3n) is 4.95. The van der Waals surface area contributed by atoms with Gasteiger partial charge in [0.25, 0.3) is 5.91 Å². The van der Waals surface area contributed by atoms with Crippen molar-refractivity contribution in [3.05, 3.63) is 77.6 Å². The zero-order chi connectivity index (χ0) is 17.2. The molecule has 0 fully saturated rings. The van der Waals surface area contributed by atoms with Crippen LogP contribution in [0.1, 0.15) is 21.6 Å². The quantitative estimate of drug-likeness (QED) is 0.722. The highest BCUT2D eigenvalue weighted by Gasteiger charge is 2.23. The van der Waals surface area contributed by atoms with Crippen LogP contribution < -0.4 is 0 Å². The van der Waals surface area contributed by atoms with E-state index >= 15 is 0 Å². The summed E-state index contributed by atoms with van der Waals surface area (Å²) in [6, 6.07) is 18.5. The van der Waals surface area contributed by atoms with Gasteiger partial charge >= 0.3 is 0 Å². The minimum absolute atomic E-state index is 0.0602. The number of rotatable bonds is 2. The molecule has 126 valence electrons. The molecule has 0 atom stereocenters. The minimum atomic E-state index is 0.0602. The zero-order valence-corrected chi connectivity index (χ0v) is 14.4. The van der Waals surface area contributed by atoms with Crippen molar-refractivity contribution in [2.24, 2.45) is 7.05 Å². The predicted octanol–water partition coefficient (Wildman–Crippen LogP) is 3.33. The number of amides is 1. The van der Waals surface area contributed by atoms with E-state index in [1.165, 1.54) is 11.1 Å². The lowest BCUT2D eigenvalue weighted by molar-refractivity contribution is 0.0753. The van der Waals surface area contributed by atoms with Gasteiger partial charge in [-0.25, -0.2) is 4.98 Å². The number of hydrogen-bond acceptors (Lipinski definition) is 2. The molecule has 0 N–H and O–H groups in total. The molecule has 2 heterocycles. The van der Waals surface area contributed by atoms with E-state index in [9.17, 15) is 4.79 Å². The summed E-state index contributed by atoms with van der Waals surface area (Å²) >= 11 is 0. The van der Waals surface area contributed by atoms with Gasteiger partial charge in [0.05, 0.1) is 6.20 Å². The standard InChI is InChI=1S/C21H21N3O/c1-23-19(15-22-20(23)18-9-3-2-4-10-18)21(25)24-13-11-16-7-5-6-8-17(16)12-14-24/h2-10,15H,11-14H2,1H3. The summed E-state index contributed by atoms with van der Waals surface area (Å²) in [6.07, 6.45) is 3.51. The lowest BCUT2D eigenvalue weighted by Gasteiger charge is -2.20. The van der Waals surface area contributed by atoms with Gasteiger partial charge in [-0.05, 0) is 24.0 Å². The van der Waals surface area contributed by atoms with E-state index in [0.717, 1.165) is 37.3 Å². The monoisotopic (exact) mass is 331 g/mol. The summed E-state index contributed by atoms with van der Waals surface area (Å²) in [5.41, 5.74) is 4.37. The van der Waals surface area contributed by atoms with Crippen LogP contribution in [-0.4, -0.2) is 33.4 Å². The number of nitrogens with zero attached hydrogens (tertiary/aromatic N) is 3. The second-order valence-corrected chi connectivity index (χ2v) is 6.45. The third-order valence-corrected chi connectivity index (χ3v) is 4.95. The number of carbonyl (C=O) groups is 1. The number of benzene rings is 2. The molecule has 0 radical (unpaired) electrons. The van der Waals surface area contributed by atoms with Crippen LogP contribution in [0.4, 0.5) is 0 Å². The summed E-state index contributed by atoms with van der Waals surface area (Å²) in [6.45, 7) is 1.50. The topological polar surface area (TPSA) is 38.1 Å². The van der Waals surface area contributed by atoms with Crippen LogP contribution in [0.15, 0.2) is 60.8 Å². The Labute approximate surface area is 147 Å². The summed E-state index contributed by atoms with van der Waals surface area (Å²) < 4.78 is 1.90. The number of imidazole rings is 1. The number of fused-ring (bicyclic) bond motifs is 1. The lowest BCUT2D eigenvalue weighted by atomic mass is 10.0. The van der Waals surface area contributed by atoms with Gasteiger partial charge in [-0.3, -0.25) is 4.79 Å². The maximum Gasteiger partial charge on any atom is 0.272 e. The Bertz CT molecular complexity index is 872. The molecule has 4 rings (SSSR count). The Morgan fingerprint density at radius 2 is 1.52 bits per heavy atom. The van der Waals surface area contributed by atoms with Crippen LogP contribution in [-0.2, 0) is 19.9 Å². The second kappa shape index (κ2) is 6.55. The van der Waals surface area contributed by atoms with Gasteiger partial charge in [-0.15, -0.1) is 0 Å². The van der Waals surface area contributed by atoms with Crippen molar-refractivity contribution in [3.8, 4) is 11.4 Å². The van der Waals surface area contributed by atoms with Crippen LogP contribution in [0.2, 0.25) is 0 Å². The van der Waals surface area contributed by atoms with E-state index in [2.05, 4.69) is 29.2 Å². The van der Waals surface area contributed by atoms with E-state index in [1.807, 2.05) is 46.8 Å². The first kappa shape index (κ1) is 15.6. The Morgan fingerprint density at radius 3 is 2.16 bits per heavy atom. The molecule has 1 aliphatic rings. The van der Waals surface area contributed by atoms with Gasteiger partial charge in [-0.2, -0.15) is 0 Å². The summed E-state index contributed by atoms with van der Waals surface area (Å²) in [5, 5.41) is 0. The zero-order valence-electron chi connectivity index (χ0n) is 14.4. The molecular weight excluding hydrogens is 310 g/mol. The Balaban J connectivity index is 1.57. The van der Waals surface area contributed by atoms with Gasteiger partial charge in [0.2, 0.25) is 0 Å². The largest absolute Gasteiger partial charge is 0.337 e. The van der Waals surface area contributed by atoms with Crippen molar-refractivity contribution in [2.75, 3.05) is 13.1 Å². The van der Waals surface area contributed by atoms with Gasteiger partial charge in [-0.1, -0.05) is 54.6 Å². The van der Waals surface area contributed by atoms with Gasteiger partial charge < -0.3 is 9.47 Å². The Hall–Kier alpha value is -2.88. The molecule has 1 aromatic heterocycles. The molecule has 0 unspecified atom stereocenters. The highest BCUT2D eigenvalue weighted by atomic mass is 16.2. The van der Waals surface area contributed by atoms with Crippen LogP contribution in [0.25, 0.3) is 11.4 Å². The molecule has 0 spiro atoms. The summed E-state index contributed by atoms with van der Waals surface area (Å²) in [7, 11) is 1.91. The third kappa shape index (κ3) is 2.95. The average molecular weight is 331 g/mol. The molecule has 0 bridgehead atoms. The molecule has 0 aliphatic carbocycles. The SMILES string of the molecule is Cn1c(C(=O)N2CCc3ccccc3CC2)cnc1-c1ccccc1. The van der Waals surface area contributed by atoms with Crippen molar-refractivity contribution >= 4 is 5.91 Å². The molecule has 0 saturated heterocycles. The molecule has 4 nitrogen and oxygen atoms in total. The lowest BCUT2D eigenvalue weighted by Crippen LogP contribution is -2.34. The minimum Gasteiger partial charge on any atom is -0.337 e.